The number of hydrogen-bond donors (Lipinski definition) is 0. The van der Waals surface area contributed by atoms with Crippen LogP contribution >= 0.6 is 7.60 Å². The lowest BCUT2D eigenvalue weighted by molar-refractivity contribution is 0.0391. The number of benzene rings is 2. The molecule has 0 amide bonds. The first-order valence-corrected chi connectivity index (χ1v) is 11.8. The van der Waals surface area contributed by atoms with Crippen molar-refractivity contribution >= 4 is 29.4 Å². The molecule has 7 heteroatoms. The maximum Gasteiger partial charge on any atom is 0.360 e. The number of fused-ring (bicyclic) bond motifs is 3. The van der Waals surface area contributed by atoms with E-state index in [-0.39, 0.29) is 5.41 Å². The second-order valence-corrected chi connectivity index (χ2v) is 11.0. The van der Waals surface area contributed by atoms with Crippen LogP contribution < -0.4 is 5.63 Å². The fourth-order valence-corrected chi connectivity index (χ4v) is 6.78. The largest absolute Gasteiger partial charge is 0.429 e. The first kappa shape index (κ1) is 20.3. The van der Waals surface area contributed by atoms with Gasteiger partial charge in [0, 0.05) is 34.3 Å². The smallest absolute Gasteiger partial charge is 0.360 e. The van der Waals surface area contributed by atoms with Gasteiger partial charge >= 0.3 is 13.2 Å². The van der Waals surface area contributed by atoms with Gasteiger partial charge in [0.1, 0.15) is 17.4 Å². The molecule has 1 saturated heterocycles. The van der Waals surface area contributed by atoms with Crippen molar-refractivity contribution in [1.82, 2.24) is 4.57 Å². The van der Waals surface area contributed by atoms with Crippen molar-refractivity contribution in [2.45, 2.75) is 19.5 Å². The lowest BCUT2D eigenvalue weighted by Crippen LogP contribution is -2.30. The van der Waals surface area contributed by atoms with Crippen LogP contribution in [0.2, 0.25) is 0 Å². The first-order chi connectivity index (χ1) is 14.8. The van der Waals surface area contributed by atoms with Crippen LogP contribution in [0.3, 0.4) is 0 Å². The Morgan fingerprint density at radius 3 is 2.35 bits per heavy atom. The Bertz CT molecular complexity index is 1370. The zero-order chi connectivity index (χ0) is 21.8. The Morgan fingerprint density at radius 1 is 1.00 bits per heavy atom. The number of nitrogens with zero attached hydrogens (tertiary/aromatic N) is 1. The molecule has 4 aromatic rings. The van der Waals surface area contributed by atoms with E-state index < -0.39 is 18.9 Å². The lowest BCUT2D eigenvalue weighted by Gasteiger charge is -2.37. The first-order valence-electron chi connectivity index (χ1n) is 10.2. The molecule has 0 aliphatic carbocycles. The van der Waals surface area contributed by atoms with Crippen molar-refractivity contribution in [3.05, 3.63) is 82.4 Å². The third-order valence-corrected chi connectivity index (χ3v) is 8.07. The van der Waals surface area contributed by atoms with E-state index >= 15 is 0 Å². The molecule has 6 nitrogen and oxygen atoms in total. The molecule has 1 unspecified atom stereocenters. The standard InChI is InChI=1S/C24H24NO5P/c1-24(2)14-29-31(27,30-15-24)22(16-9-5-4-6-10-16)18-13-28-23(26)21-20(18)17-11-7-8-12-19(17)25(21)3/h4-13,22H,14-15H2,1-3H3. The highest BCUT2D eigenvalue weighted by Gasteiger charge is 2.45. The summed E-state index contributed by atoms with van der Waals surface area (Å²) in [5.41, 5.74) is 1.36. The number of hydrogen-bond acceptors (Lipinski definition) is 5. The van der Waals surface area contributed by atoms with Gasteiger partial charge in [-0.05, 0) is 11.6 Å². The average Bonchev–Trinajstić information content (AvgIpc) is 3.07. The molecule has 0 spiro atoms. The molecular weight excluding hydrogens is 413 g/mol. The molecule has 1 atom stereocenters. The van der Waals surface area contributed by atoms with E-state index in [4.69, 9.17) is 13.5 Å². The second kappa shape index (κ2) is 7.20. The Kier molecular flexibility index (Phi) is 4.70. The highest BCUT2D eigenvalue weighted by Crippen LogP contribution is 2.67. The van der Waals surface area contributed by atoms with Gasteiger partial charge in [0.05, 0.1) is 13.2 Å². The molecule has 0 bridgehead atoms. The third kappa shape index (κ3) is 3.26. The van der Waals surface area contributed by atoms with Gasteiger partial charge in [-0.15, -0.1) is 0 Å². The number of aromatic nitrogens is 1. The summed E-state index contributed by atoms with van der Waals surface area (Å²) in [6, 6.07) is 17.3. The molecule has 0 radical (unpaired) electrons. The summed E-state index contributed by atoms with van der Waals surface area (Å²) in [5, 5.41) is 1.61. The molecule has 5 rings (SSSR count). The minimum absolute atomic E-state index is 0.229. The van der Waals surface area contributed by atoms with Crippen LogP contribution in [0.15, 0.2) is 70.1 Å². The van der Waals surface area contributed by atoms with E-state index in [1.165, 1.54) is 6.26 Å². The normalized spacial score (nSPS) is 18.9. The molecular formula is C24H24NO5P. The summed E-state index contributed by atoms with van der Waals surface area (Å²) in [4.78, 5) is 12.7. The molecule has 1 fully saturated rings. The number of para-hydroxylation sites is 1. The van der Waals surface area contributed by atoms with Crippen LogP contribution in [0.5, 0.6) is 0 Å². The Balaban J connectivity index is 1.83. The molecule has 1 aliphatic rings. The van der Waals surface area contributed by atoms with Crippen molar-refractivity contribution in [2.75, 3.05) is 13.2 Å². The predicted octanol–water partition coefficient (Wildman–Crippen LogP) is 5.64. The van der Waals surface area contributed by atoms with Gasteiger partial charge in [-0.25, -0.2) is 4.79 Å². The summed E-state index contributed by atoms with van der Waals surface area (Å²) in [7, 11) is -1.77. The Morgan fingerprint density at radius 2 is 1.65 bits per heavy atom. The average molecular weight is 437 g/mol. The summed E-state index contributed by atoms with van der Waals surface area (Å²) in [6.07, 6.45) is 1.42. The van der Waals surface area contributed by atoms with Crippen molar-refractivity contribution in [3.8, 4) is 0 Å². The van der Waals surface area contributed by atoms with E-state index in [1.54, 1.807) is 0 Å². The molecule has 31 heavy (non-hydrogen) atoms. The monoisotopic (exact) mass is 437 g/mol. The zero-order valence-corrected chi connectivity index (χ0v) is 18.6. The summed E-state index contributed by atoms with van der Waals surface area (Å²) in [6.45, 7) is 4.67. The van der Waals surface area contributed by atoms with Gasteiger partial charge in [-0.3, -0.25) is 4.57 Å². The van der Waals surface area contributed by atoms with Crippen LogP contribution in [0.4, 0.5) is 0 Å². The molecule has 3 heterocycles. The Labute approximate surface area is 179 Å². The van der Waals surface area contributed by atoms with E-state index in [2.05, 4.69) is 0 Å². The SMILES string of the molecule is Cn1c2ccccc2c2c(C(c3ccccc3)P3(=O)OCC(C)(C)CO3)coc(=O)c21. The molecule has 0 N–H and O–H groups in total. The number of aryl methyl sites for hydroxylation is 1. The topological polar surface area (TPSA) is 70.7 Å². The quantitative estimate of drug-likeness (QED) is 0.388. The molecule has 2 aromatic heterocycles. The fourth-order valence-electron chi connectivity index (χ4n) is 4.28. The van der Waals surface area contributed by atoms with Crippen molar-refractivity contribution < 1.29 is 18.0 Å². The van der Waals surface area contributed by atoms with E-state index in [0.717, 1.165) is 21.9 Å². The molecule has 160 valence electrons. The van der Waals surface area contributed by atoms with Gasteiger partial charge in [-0.1, -0.05) is 62.4 Å². The molecule has 2 aromatic carbocycles. The van der Waals surface area contributed by atoms with Crippen LogP contribution in [-0.4, -0.2) is 17.8 Å². The van der Waals surface area contributed by atoms with Crippen LogP contribution in [-0.2, 0) is 20.7 Å². The second-order valence-electron chi connectivity index (χ2n) is 8.84. The fraction of sp³-hybridized carbons (Fsp3) is 0.292. The third-order valence-electron chi connectivity index (χ3n) is 5.88. The minimum Gasteiger partial charge on any atom is -0.429 e. The van der Waals surface area contributed by atoms with Crippen LogP contribution in [0.1, 0.15) is 30.6 Å². The van der Waals surface area contributed by atoms with Gasteiger partial charge in [0.25, 0.3) is 0 Å². The molecule has 1 aliphatic heterocycles. The van der Waals surface area contributed by atoms with Crippen LogP contribution in [0, 0.1) is 5.41 Å². The number of rotatable bonds is 3. The predicted molar refractivity (Wildman–Crippen MR) is 121 cm³/mol. The highest BCUT2D eigenvalue weighted by atomic mass is 31.2. The van der Waals surface area contributed by atoms with E-state index in [9.17, 15) is 9.36 Å². The maximum absolute atomic E-state index is 14.1. The Hall–Kier alpha value is -2.66. The minimum atomic E-state index is -3.61. The van der Waals surface area contributed by atoms with Gasteiger partial charge in [0.15, 0.2) is 0 Å². The lowest BCUT2D eigenvalue weighted by atomic mass is 9.97. The highest BCUT2D eigenvalue weighted by molar-refractivity contribution is 7.54. The summed E-state index contributed by atoms with van der Waals surface area (Å²) >= 11 is 0. The van der Waals surface area contributed by atoms with Crippen LogP contribution in [0.25, 0.3) is 21.8 Å². The van der Waals surface area contributed by atoms with Gasteiger partial charge in [0.2, 0.25) is 0 Å². The van der Waals surface area contributed by atoms with E-state index in [0.29, 0.717) is 24.3 Å². The molecule has 0 saturated carbocycles. The zero-order valence-electron chi connectivity index (χ0n) is 17.7. The van der Waals surface area contributed by atoms with Crippen molar-refractivity contribution in [2.24, 2.45) is 12.5 Å². The van der Waals surface area contributed by atoms with E-state index in [1.807, 2.05) is 80.1 Å². The van der Waals surface area contributed by atoms with Gasteiger partial charge in [-0.2, -0.15) is 0 Å². The summed E-state index contributed by atoms with van der Waals surface area (Å²) in [5.74, 6) is 0. The summed E-state index contributed by atoms with van der Waals surface area (Å²) < 4.78 is 33.3. The van der Waals surface area contributed by atoms with Crippen molar-refractivity contribution in [1.29, 1.82) is 0 Å². The van der Waals surface area contributed by atoms with Gasteiger partial charge < -0.3 is 18.0 Å². The van der Waals surface area contributed by atoms with Crippen molar-refractivity contribution in [3.63, 3.8) is 0 Å². The maximum atomic E-state index is 14.1.